The topological polar surface area (TPSA) is 68.2 Å². The van der Waals surface area contributed by atoms with Crippen molar-refractivity contribution in [3.8, 4) is 11.5 Å². The van der Waals surface area contributed by atoms with Crippen LogP contribution in [0.3, 0.4) is 0 Å². The van der Waals surface area contributed by atoms with Crippen LogP contribution in [0, 0.1) is 35.5 Å². The fourth-order valence-corrected chi connectivity index (χ4v) is 6.38. The first kappa shape index (κ1) is 22.6. The van der Waals surface area contributed by atoms with E-state index in [1.54, 1.807) is 24.3 Å². The smallest absolute Gasteiger partial charge is 0.254 e. The van der Waals surface area contributed by atoms with Crippen LogP contribution in [0.5, 0.6) is 11.5 Å². The largest absolute Gasteiger partial charge is 0.490 e. The highest BCUT2D eigenvalue weighted by Crippen LogP contribution is 2.65. The second kappa shape index (κ2) is 8.68. The monoisotopic (exact) mass is 510 g/mol. The number of nitrogens with zero attached hydrogens (tertiary/aromatic N) is 2. The van der Waals surface area contributed by atoms with Crippen LogP contribution < -0.4 is 9.47 Å². The van der Waals surface area contributed by atoms with E-state index in [1.807, 2.05) is 19.1 Å². The molecule has 2 saturated carbocycles. The molecule has 3 fully saturated rings. The van der Waals surface area contributed by atoms with Gasteiger partial charge in [-0.25, -0.2) is 0 Å². The summed E-state index contributed by atoms with van der Waals surface area (Å²) in [6, 6.07) is 10.8. The molecular formula is C27H24Cl2N2O4. The van der Waals surface area contributed by atoms with Gasteiger partial charge in [-0.2, -0.15) is 10.1 Å². The summed E-state index contributed by atoms with van der Waals surface area (Å²) < 4.78 is 11.7. The van der Waals surface area contributed by atoms with E-state index in [2.05, 4.69) is 17.3 Å². The summed E-state index contributed by atoms with van der Waals surface area (Å²) in [7, 11) is 0. The summed E-state index contributed by atoms with van der Waals surface area (Å²) in [6.45, 7) is 2.58. The van der Waals surface area contributed by atoms with Crippen LogP contribution in [0.1, 0.15) is 24.5 Å². The third kappa shape index (κ3) is 3.83. The van der Waals surface area contributed by atoms with Gasteiger partial charge in [-0.1, -0.05) is 47.5 Å². The molecule has 1 aliphatic heterocycles. The zero-order valence-electron chi connectivity index (χ0n) is 19.1. The molecule has 0 N–H and O–H groups in total. The van der Waals surface area contributed by atoms with E-state index in [-0.39, 0.29) is 35.5 Å². The fourth-order valence-electron chi connectivity index (χ4n) is 5.98. The Morgan fingerprint density at radius 2 is 1.66 bits per heavy atom. The van der Waals surface area contributed by atoms with Crippen LogP contribution in [0.2, 0.25) is 10.0 Å². The molecule has 7 rings (SSSR count). The van der Waals surface area contributed by atoms with Gasteiger partial charge >= 0.3 is 0 Å². The van der Waals surface area contributed by atoms with Gasteiger partial charge in [0.25, 0.3) is 11.8 Å². The lowest BCUT2D eigenvalue weighted by Crippen LogP contribution is -2.40. The molecule has 2 bridgehead atoms. The molecule has 6 nitrogen and oxygen atoms in total. The van der Waals surface area contributed by atoms with E-state index in [4.69, 9.17) is 32.7 Å². The van der Waals surface area contributed by atoms with Gasteiger partial charge in [0.15, 0.2) is 11.5 Å². The summed E-state index contributed by atoms with van der Waals surface area (Å²) in [4.78, 5) is 26.3. The number of benzene rings is 2. The predicted molar refractivity (Wildman–Crippen MR) is 133 cm³/mol. The van der Waals surface area contributed by atoms with Crippen molar-refractivity contribution in [2.24, 2.45) is 40.6 Å². The van der Waals surface area contributed by atoms with Crippen LogP contribution in [0.25, 0.3) is 0 Å². The summed E-state index contributed by atoms with van der Waals surface area (Å²) in [6.07, 6.45) is 6.91. The third-order valence-electron chi connectivity index (χ3n) is 7.59. The van der Waals surface area contributed by atoms with Gasteiger partial charge < -0.3 is 9.47 Å². The normalized spacial score (nSPS) is 30.1. The number of allylic oxidation sites excluding steroid dienone is 2. The van der Waals surface area contributed by atoms with Gasteiger partial charge in [0.1, 0.15) is 6.61 Å². The molecule has 1 saturated heterocycles. The average Bonchev–Trinajstić information content (AvgIpc) is 3.63. The van der Waals surface area contributed by atoms with Gasteiger partial charge in [0.05, 0.1) is 29.7 Å². The van der Waals surface area contributed by atoms with E-state index < -0.39 is 0 Å². The minimum absolute atomic E-state index is 0.169. The lowest BCUT2D eigenvalue weighted by atomic mass is 9.63. The Bertz CT molecular complexity index is 1220. The van der Waals surface area contributed by atoms with Gasteiger partial charge in [0, 0.05) is 5.02 Å². The molecule has 2 aromatic rings. The molecule has 0 aromatic heterocycles. The third-order valence-corrected chi connectivity index (χ3v) is 8.12. The fraction of sp³-hybridized carbons (Fsp3) is 0.370. The molecule has 6 atom stereocenters. The zero-order chi connectivity index (χ0) is 24.3. The lowest BCUT2D eigenvalue weighted by molar-refractivity contribution is -0.140. The average molecular weight is 511 g/mol. The number of halogens is 2. The number of amides is 2. The molecule has 0 spiro atoms. The van der Waals surface area contributed by atoms with Crippen LogP contribution >= 0.6 is 23.2 Å². The van der Waals surface area contributed by atoms with Crippen LogP contribution in [-0.4, -0.2) is 29.6 Å². The van der Waals surface area contributed by atoms with Gasteiger partial charge in [-0.3, -0.25) is 9.59 Å². The van der Waals surface area contributed by atoms with Crippen molar-refractivity contribution in [1.82, 2.24) is 5.01 Å². The van der Waals surface area contributed by atoms with Gasteiger partial charge in [-0.15, -0.1) is 0 Å². The first-order valence-corrected chi connectivity index (χ1v) is 12.7. The van der Waals surface area contributed by atoms with Crippen molar-refractivity contribution in [2.45, 2.75) is 20.0 Å². The summed E-state index contributed by atoms with van der Waals surface area (Å²) in [5, 5.41) is 6.37. The second-order valence-corrected chi connectivity index (χ2v) is 10.4. The van der Waals surface area contributed by atoms with E-state index in [1.165, 1.54) is 6.21 Å². The minimum atomic E-state index is -0.274. The van der Waals surface area contributed by atoms with E-state index in [0.717, 1.165) is 17.0 Å². The number of ether oxygens (including phenoxy) is 2. The maximum Gasteiger partial charge on any atom is 0.254 e. The molecule has 8 heteroatoms. The minimum Gasteiger partial charge on any atom is -0.490 e. The number of imide groups is 1. The predicted octanol–water partition coefficient (Wildman–Crippen LogP) is 5.36. The zero-order valence-corrected chi connectivity index (χ0v) is 20.6. The Morgan fingerprint density at radius 3 is 2.29 bits per heavy atom. The standard InChI is InChI=1S/C27H24Cl2N2O4/c1-2-34-22-10-15(9-21(29)25(22)35-13-14-3-5-16(28)6-4-14)12-30-31-26(32)23-17-7-8-18(20-11-19(17)20)24(23)27(31)33/h3-10,12,17-20,23-24H,2,11,13H2,1H3/b30-12-/t17-,18-,19-,20+,23+,24+/m0/s1. The molecule has 0 unspecified atom stereocenters. The highest BCUT2D eigenvalue weighted by molar-refractivity contribution is 6.32. The van der Waals surface area contributed by atoms with Gasteiger partial charge in [-0.05, 0) is 72.4 Å². The Kier molecular flexibility index (Phi) is 5.61. The van der Waals surface area contributed by atoms with Crippen LogP contribution in [0.4, 0.5) is 0 Å². The van der Waals surface area contributed by atoms with Crippen molar-refractivity contribution >= 4 is 41.2 Å². The molecular weight excluding hydrogens is 487 g/mol. The summed E-state index contributed by atoms with van der Waals surface area (Å²) in [5.41, 5.74) is 1.55. The Labute approximate surface area is 213 Å². The van der Waals surface area contributed by atoms with E-state index in [0.29, 0.717) is 52.2 Å². The Hall–Kier alpha value is -2.83. The van der Waals surface area contributed by atoms with Crippen LogP contribution in [0.15, 0.2) is 53.7 Å². The molecule has 4 aliphatic carbocycles. The van der Waals surface area contributed by atoms with Crippen molar-refractivity contribution in [3.05, 3.63) is 69.7 Å². The summed E-state index contributed by atoms with van der Waals surface area (Å²) in [5.74, 6) is 1.40. The quantitative estimate of drug-likeness (QED) is 0.285. The molecule has 1 heterocycles. The first-order chi connectivity index (χ1) is 17.0. The SMILES string of the molecule is CCOc1cc(/C=N\N2C(=O)[C@@H]3[C@H]4C=C[C@@H]([C@@H]5C[C@H]45)[C@H]3C2=O)cc(Cl)c1OCc1ccc(Cl)cc1. The molecule has 2 amide bonds. The van der Waals surface area contributed by atoms with Gasteiger partial charge in [0.2, 0.25) is 0 Å². The first-order valence-electron chi connectivity index (χ1n) is 11.9. The Morgan fingerprint density at radius 1 is 1.00 bits per heavy atom. The van der Waals surface area contributed by atoms with Crippen molar-refractivity contribution < 1.29 is 19.1 Å². The molecule has 0 radical (unpaired) electrons. The van der Waals surface area contributed by atoms with Crippen LogP contribution in [-0.2, 0) is 16.2 Å². The van der Waals surface area contributed by atoms with E-state index in [9.17, 15) is 9.59 Å². The van der Waals surface area contributed by atoms with Crippen molar-refractivity contribution in [2.75, 3.05) is 6.61 Å². The number of hydrogen-bond acceptors (Lipinski definition) is 5. The number of rotatable bonds is 7. The maximum atomic E-state index is 13.1. The van der Waals surface area contributed by atoms with Crippen molar-refractivity contribution in [1.29, 1.82) is 0 Å². The highest BCUT2D eigenvalue weighted by Gasteiger charge is 2.67. The maximum absolute atomic E-state index is 13.1. The van der Waals surface area contributed by atoms with E-state index >= 15 is 0 Å². The molecule has 180 valence electrons. The number of carbonyl (C=O) groups excluding carboxylic acids is 2. The molecule has 5 aliphatic rings. The second-order valence-electron chi connectivity index (χ2n) is 9.57. The summed E-state index contributed by atoms with van der Waals surface area (Å²) >= 11 is 12.5. The Balaban J connectivity index is 1.21. The molecule has 35 heavy (non-hydrogen) atoms. The number of carbonyl (C=O) groups is 2. The number of hydrazone groups is 1. The van der Waals surface area contributed by atoms with Crippen molar-refractivity contribution in [3.63, 3.8) is 0 Å². The highest BCUT2D eigenvalue weighted by atomic mass is 35.5. The molecule has 2 aromatic carbocycles. The number of hydrogen-bond donors (Lipinski definition) is 0. The lowest BCUT2D eigenvalue weighted by Gasteiger charge is -2.37.